The Morgan fingerprint density at radius 2 is 1.63 bits per heavy atom. The molecule has 2 aromatic carbocycles. The number of hydrogen-bond acceptors (Lipinski definition) is 0. The zero-order valence-corrected chi connectivity index (χ0v) is 14.5. The molecule has 2 heteroatoms. The first kappa shape index (κ1) is 15.1. The van der Waals surface area contributed by atoms with Gasteiger partial charge in [0, 0.05) is 10.7 Å². The van der Waals surface area contributed by atoms with Crippen LogP contribution in [0.3, 0.4) is 0 Å². The third kappa shape index (κ3) is 3.41. The summed E-state index contributed by atoms with van der Waals surface area (Å²) in [6, 6.07) is 15.3. The number of halogens is 2. The van der Waals surface area contributed by atoms with E-state index in [1.165, 1.54) is 29.2 Å². The Morgan fingerprint density at radius 3 is 2.32 bits per heavy atom. The third-order valence-corrected chi connectivity index (χ3v) is 6.17. The molecule has 0 aliphatic rings. The predicted octanol–water partition coefficient (Wildman–Crippen LogP) is 5.96. The van der Waals surface area contributed by atoms with Gasteiger partial charge in [0.1, 0.15) is 0 Å². The fourth-order valence-electron chi connectivity index (χ4n) is 2.73. The van der Waals surface area contributed by atoms with Gasteiger partial charge in [-0.2, -0.15) is 0 Å². The van der Waals surface area contributed by atoms with E-state index >= 15 is 0 Å². The highest BCUT2D eigenvalue weighted by atomic mass is 79.9. The van der Waals surface area contributed by atoms with E-state index in [0.717, 1.165) is 17.1 Å². The monoisotopic (exact) mass is 382 g/mol. The molecule has 0 spiro atoms. The minimum absolute atomic E-state index is 0.318. The summed E-state index contributed by atoms with van der Waals surface area (Å²) in [5.41, 5.74) is 1.78. The van der Waals surface area contributed by atoms with Gasteiger partial charge in [0.15, 0.2) is 0 Å². The summed E-state index contributed by atoms with van der Waals surface area (Å²) < 4.78 is 0. The molecule has 0 aromatic heterocycles. The van der Waals surface area contributed by atoms with E-state index in [1.807, 2.05) is 0 Å². The first-order valence-corrected chi connectivity index (χ1v) is 9.07. The average molecular weight is 384 g/mol. The molecule has 0 amide bonds. The lowest BCUT2D eigenvalue weighted by Gasteiger charge is -2.30. The summed E-state index contributed by atoms with van der Waals surface area (Å²) in [6.07, 6.45) is 3.59. The highest BCUT2D eigenvalue weighted by Gasteiger charge is 2.27. The van der Waals surface area contributed by atoms with Crippen molar-refractivity contribution in [1.82, 2.24) is 0 Å². The second-order valence-electron chi connectivity index (χ2n) is 5.33. The van der Waals surface area contributed by atoms with E-state index in [4.69, 9.17) is 0 Å². The van der Waals surface area contributed by atoms with E-state index in [-0.39, 0.29) is 0 Å². The van der Waals surface area contributed by atoms with Crippen LogP contribution in [0.25, 0.3) is 10.8 Å². The van der Waals surface area contributed by atoms with Crippen LogP contribution < -0.4 is 0 Å². The molecular weight excluding hydrogens is 364 g/mol. The SMILES string of the molecule is CCCC(CBr)(CBr)Cc1cccc2ccccc12. The van der Waals surface area contributed by atoms with E-state index in [1.54, 1.807) is 0 Å². The fraction of sp³-hybridized carbons (Fsp3) is 0.412. The molecule has 19 heavy (non-hydrogen) atoms. The Hall–Kier alpha value is -0.340. The lowest BCUT2D eigenvalue weighted by Crippen LogP contribution is -2.27. The number of hydrogen-bond donors (Lipinski definition) is 0. The summed E-state index contributed by atoms with van der Waals surface area (Å²) in [7, 11) is 0. The topological polar surface area (TPSA) is 0 Å². The Morgan fingerprint density at radius 1 is 0.947 bits per heavy atom. The van der Waals surface area contributed by atoms with Gasteiger partial charge in [0.05, 0.1) is 0 Å². The van der Waals surface area contributed by atoms with Crippen molar-refractivity contribution in [2.45, 2.75) is 26.2 Å². The maximum absolute atomic E-state index is 3.73. The van der Waals surface area contributed by atoms with Gasteiger partial charge in [-0.1, -0.05) is 87.7 Å². The van der Waals surface area contributed by atoms with Gasteiger partial charge in [-0.15, -0.1) is 0 Å². The first-order chi connectivity index (χ1) is 9.24. The zero-order chi connectivity index (χ0) is 13.7. The predicted molar refractivity (Wildman–Crippen MR) is 92.6 cm³/mol. The van der Waals surface area contributed by atoms with Crippen LogP contribution in [-0.4, -0.2) is 10.7 Å². The maximum Gasteiger partial charge on any atom is 0.00991 e. The molecule has 0 atom stereocenters. The smallest absolute Gasteiger partial charge is 0.00991 e. The zero-order valence-electron chi connectivity index (χ0n) is 11.3. The standard InChI is InChI=1S/C17H20Br2/c1-2-10-17(12-18,13-19)11-15-8-5-7-14-6-3-4-9-16(14)15/h3-9H,2,10-13H2,1H3. The number of benzene rings is 2. The lowest BCUT2D eigenvalue weighted by atomic mass is 9.80. The first-order valence-electron chi connectivity index (χ1n) is 6.83. The van der Waals surface area contributed by atoms with Gasteiger partial charge in [-0.05, 0) is 34.6 Å². The third-order valence-electron chi connectivity index (χ3n) is 3.79. The van der Waals surface area contributed by atoms with Crippen molar-refractivity contribution < 1.29 is 0 Å². The fourth-order valence-corrected chi connectivity index (χ4v) is 4.62. The molecule has 0 heterocycles. The molecule has 0 radical (unpaired) electrons. The van der Waals surface area contributed by atoms with Crippen molar-refractivity contribution in [2.24, 2.45) is 5.41 Å². The normalized spacial score (nSPS) is 11.9. The van der Waals surface area contributed by atoms with Gasteiger partial charge >= 0.3 is 0 Å². The van der Waals surface area contributed by atoms with Crippen molar-refractivity contribution in [3.05, 3.63) is 48.0 Å². The second kappa shape index (κ2) is 6.90. The quantitative estimate of drug-likeness (QED) is 0.540. The molecule has 102 valence electrons. The van der Waals surface area contributed by atoms with Crippen LogP contribution in [0.2, 0.25) is 0 Å². The lowest BCUT2D eigenvalue weighted by molar-refractivity contribution is 0.353. The molecule has 0 bridgehead atoms. The van der Waals surface area contributed by atoms with Crippen LogP contribution in [0.4, 0.5) is 0 Å². The molecule has 0 saturated heterocycles. The van der Waals surface area contributed by atoms with Crippen LogP contribution in [0.5, 0.6) is 0 Å². The van der Waals surface area contributed by atoms with E-state index in [2.05, 4.69) is 81.2 Å². The molecule has 0 N–H and O–H groups in total. The second-order valence-corrected chi connectivity index (χ2v) is 6.45. The number of rotatable bonds is 6. The van der Waals surface area contributed by atoms with Crippen molar-refractivity contribution in [3.63, 3.8) is 0 Å². The van der Waals surface area contributed by atoms with Gasteiger partial charge in [0.25, 0.3) is 0 Å². The van der Waals surface area contributed by atoms with E-state index in [0.29, 0.717) is 5.41 Å². The van der Waals surface area contributed by atoms with Gasteiger partial charge in [0.2, 0.25) is 0 Å². The highest BCUT2D eigenvalue weighted by Crippen LogP contribution is 2.35. The molecule has 0 unspecified atom stereocenters. The Kier molecular flexibility index (Phi) is 5.47. The minimum Gasteiger partial charge on any atom is -0.0922 e. The molecule has 2 aromatic rings. The average Bonchev–Trinajstić information content (AvgIpc) is 2.47. The molecule has 0 nitrogen and oxygen atoms in total. The summed E-state index contributed by atoms with van der Waals surface area (Å²) in [6.45, 7) is 2.27. The van der Waals surface area contributed by atoms with Crippen molar-refractivity contribution in [3.8, 4) is 0 Å². The molecule has 0 saturated carbocycles. The number of alkyl halides is 2. The van der Waals surface area contributed by atoms with E-state index < -0.39 is 0 Å². The molecule has 0 aliphatic carbocycles. The number of fused-ring (bicyclic) bond motifs is 1. The summed E-state index contributed by atoms with van der Waals surface area (Å²) >= 11 is 7.45. The largest absolute Gasteiger partial charge is 0.0922 e. The maximum atomic E-state index is 3.73. The van der Waals surface area contributed by atoms with Crippen LogP contribution in [0.1, 0.15) is 25.3 Å². The van der Waals surface area contributed by atoms with E-state index in [9.17, 15) is 0 Å². The van der Waals surface area contributed by atoms with Crippen molar-refractivity contribution in [2.75, 3.05) is 10.7 Å². The minimum atomic E-state index is 0.318. The van der Waals surface area contributed by atoms with Crippen molar-refractivity contribution in [1.29, 1.82) is 0 Å². The van der Waals surface area contributed by atoms with Crippen LogP contribution in [0.15, 0.2) is 42.5 Å². The molecule has 0 fully saturated rings. The Balaban J connectivity index is 2.39. The molecule has 0 aliphatic heterocycles. The van der Waals surface area contributed by atoms with Crippen LogP contribution in [-0.2, 0) is 6.42 Å². The van der Waals surface area contributed by atoms with Crippen LogP contribution >= 0.6 is 31.9 Å². The van der Waals surface area contributed by atoms with Crippen LogP contribution in [0, 0.1) is 5.41 Å². The van der Waals surface area contributed by atoms with Gasteiger partial charge in [-0.3, -0.25) is 0 Å². The van der Waals surface area contributed by atoms with Gasteiger partial charge < -0.3 is 0 Å². The Bertz CT molecular complexity index is 524. The summed E-state index contributed by atoms with van der Waals surface area (Å²) in [4.78, 5) is 0. The van der Waals surface area contributed by atoms with Crippen molar-refractivity contribution >= 4 is 42.6 Å². The molecule has 2 rings (SSSR count). The summed E-state index contributed by atoms with van der Waals surface area (Å²) in [5.74, 6) is 0. The highest BCUT2D eigenvalue weighted by molar-refractivity contribution is 9.09. The summed E-state index contributed by atoms with van der Waals surface area (Å²) in [5, 5.41) is 4.83. The Labute approximate surface area is 132 Å². The van der Waals surface area contributed by atoms with Gasteiger partial charge in [-0.25, -0.2) is 0 Å². The molecular formula is C17H20Br2.